The summed E-state index contributed by atoms with van der Waals surface area (Å²) in [5, 5.41) is 19.8. The molecule has 164 valence electrons. The topological polar surface area (TPSA) is 99.4 Å². The minimum absolute atomic E-state index is 0.0765. The zero-order valence-corrected chi connectivity index (χ0v) is 18.5. The van der Waals surface area contributed by atoms with E-state index >= 15 is 0 Å². The Morgan fingerprint density at radius 2 is 2.00 bits per heavy atom. The third kappa shape index (κ3) is 4.23. The molecule has 1 amide bonds. The van der Waals surface area contributed by atoms with Crippen LogP contribution in [0.2, 0.25) is 5.02 Å². The molecule has 2 aromatic carbocycles. The van der Waals surface area contributed by atoms with Gasteiger partial charge in [0.2, 0.25) is 5.91 Å². The second kappa shape index (κ2) is 8.71. The van der Waals surface area contributed by atoms with Crippen LogP contribution in [0.3, 0.4) is 0 Å². The fourth-order valence-electron chi connectivity index (χ4n) is 3.13. The SMILES string of the molecule is Cc1cc(-n2c(SCC(=O)Nc3ccc(F)c(F)c3)nc3n[nH]c(C)c3c2=N)ccc1Cl. The average molecular weight is 475 g/mol. The van der Waals surface area contributed by atoms with E-state index in [2.05, 4.69) is 20.5 Å². The number of hydrogen-bond donors (Lipinski definition) is 3. The molecule has 3 N–H and O–H groups in total. The summed E-state index contributed by atoms with van der Waals surface area (Å²) in [5.74, 6) is -2.56. The molecule has 0 spiro atoms. The molecule has 11 heteroatoms. The number of benzene rings is 2. The number of nitrogens with one attached hydrogen (secondary N) is 3. The van der Waals surface area contributed by atoms with Crippen LogP contribution in [-0.4, -0.2) is 31.4 Å². The van der Waals surface area contributed by atoms with Crippen molar-refractivity contribution in [3.63, 3.8) is 0 Å². The molecule has 32 heavy (non-hydrogen) atoms. The number of aromatic amines is 1. The molecule has 0 atom stereocenters. The lowest BCUT2D eigenvalue weighted by Gasteiger charge is -2.14. The average Bonchev–Trinajstić information content (AvgIpc) is 3.12. The molecule has 2 heterocycles. The van der Waals surface area contributed by atoms with Crippen LogP contribution in [0.25, 0.3) is 16.7 Å². The fraction of sp³-hybridized carbons (Fsp3) is 0.143. The van der Waals surface area contributed by atoms with E-state index in [9.17, 15) is 13.6 Å². The summed E-state index contributed by atoms with van der Waals surface area (Å²) in [7, 11) is 0. The molecule has 0 saturated heterocycles. The third-order valence-corrected chi connectivity index (χ3v) is 6.08. The van der Waals surface area contributed by atoms with E-state index in [1.54, 1.807) is 23.6 Å². The quantitative estimate of drug-likeness (QED) is 0.293. The molecule has 0 radical (unpaired) electrons. The smallest absolute Gasteiger partial charge is 0.234 e. The first kappa shape index (κ1) is 22.0. The summed E-state index contributed by atoms with van der Waals surface area (Å²) >= 11 is 7.25. The van der Waals surface area contributed by atoms with Crippen LogP contribution in [-0.2, 0) is 4.79 Å². The van der Waals surface area contributed by atoms with Crippen LogP contribution in [0.1, 0.15) is 11.3 Å². The first-order valence-corrected chi connectivity index (χ1v) is 10.8. The van der Waals surface area contributed by atoms with Gasteiger partial charge in [-0.1, -0.05) is 23.4 Å². The zero-order chi connectivity index (χ0) is 23.0. The molecule has 4 aromatic rings. The van der Waals surface area contributed by atoms with Gasteiger partial charge in [0.1, 0.15) is 5.49 Å². The van der Waals surface area contributed by atoms with Crippen molar-refractivity contribution in [3.05, 3.63) is 69.8 Å². The number of carbonyl (C=O) groups is 1. The van der Waals surface area contributed by atoms with E-state index in [0.29, 0.717) is 32.6 Å². The van der Waals surface area contributed by atoms with E-state index in [4.69, 9.17) is 17.0 Å². The van der Waals surface area contributed by atoms with Crippen molar-refractivity contribution in [2.24, 2.45) is 0 Å². The molecular formula is C21H17ClF2N6OS. The number of carbonyl (C=O) groups excluding carboxylic acids is 1. The van der Waals surface area contributed by atoms with Crippen molar-refractivity contribution in [3.8, 4) is 5.69 Å². The van der Waals surface area contributed by atoms with Gasteiger partial charge in [-0.25, -0.2) is 13.8 Å². The highest BCUT2D eigenvalue weighted by atomic mass is 35.5. The molecular weight excluding hydrogens is 458 g/mol. The molecule has 0 saturated carbocycles. The summed E-state index contributed by atoms with van der Waals surface area (Å²) in [6.45, 7) is 3.65. The maximum atomic E-state index is 13.4. The number of fused-ring (bicyclic) bond motifs is 1. The predicted octanol–water partition coefficient (Wildman–Crippen LogP) is 4.51. The highest BCUT2D eigenvalue weighted by molar-refractivity contribution is 7.99. The van der Waals surface area contributed by atoms with Crippen LogP contribution >= 0.6 is 23.4 Å². The van der Waals surface area contributed by atoms with Crippen molar-refractivity contribution in [2.45, 2.75) is 19.0 Å². The van der Waals surface area contributed by atoms with Crippen molar-refractivity contribution < 1.29 is 13.6 Å². The van der Waals surface area contributed by atoms with Gasteiger partial charge in [0, 0.05) is 28.2 Å². The monoisotopic (exact) mass is 474 g/mol. The Kier molecular flexibility index (Phi) is 5.98. The summed E-state index contributed by atoms with van der Waals surface area (Å²) in [5.41, 5.74) is 2.85. The lowest BCUT2D eigenvalue weighted by Crippen LogP contribution is -2.23. The Morgan fingerprint density at radius 3 is 2.72 bits per heavy atom. The minimum atomic E-state index is -1.05. The number of amides is 1. The number of rotatable bonds is 5. The van der Waals surface area contributed by atoms with Crippen LogP contribution in [0.4, 0.5) is 14.5 Å². The fourth-order valence-corrected chi connectivity index (χ4v) is 4.06. The molecule has 0 aliphatic carbocycles. The Balaban J connectivity index is 1.68. The van der Waals surface area contributed by atoms with Gasteiger partial charge in [-0.15, -0.1) is 0 Å². The second-order valence-electron chi connectivity index (χ2n) is 7.02. The molecule has 2 aromatic heterocycles. The van der Waals surface area contributed by atoms with Gasteiger partial charge in [0.25, 0.3) is 0 Å². The Labute approximate surface area is 190 Å². The Hall–Kier alpha value is -3.24. The van der Waals surface area contributed by atoms with Crippen molar-refractivity contribution in [1.82, 2.24) is 19.7 Å². The largest absolute Gasteiger partial charge is 0.325 e. The maximum absolute atomic E-state index is 13.4. The van der Waals surface area contributed by atoms with Crippen LogP contribution in [0.5, 0.6) is 0 Å². The van der Waals surface area contributed by atoms with Gasteiger partial charge >= 0.3 is 0 Å². The zero-order valence-electron chi connectivity index (χ0n) is 17.0. The number of aryl methyl sites for hydroxylation is 2. The number of thioether (sulfide) groups is 1. The van der Waals surface area contributed by atoms with Gasteiger partial charge in [-0.3, -0.25) is 19.9 Å². The summed E-state index contributed by atoms with van der Waals surface area (Å²) in [4.78, 5) is 16.9. The lowest BCUT2D eigenvalue weighted by atomic mass is 10.2. The van der Waals surface area contributed by atoms with Crippen LogP contribution < -0.4 is 10.8 Å². The number of halogens is 3. The van der Waals surface area contributed by atoms with E-state index < -0.39 is 17.5 Å². The van der Waals surface area contributed by atoms with Crippen molar-refractivity contribution in [1.29, 1.82) is 5.41 Å². The van der Waals surface area contributed by atoms with E-state index in [1.165, 1.54) is 6.07 Å². The number of H-pyrrole nitrogens is 1. The minimum Gasteiger partial charge on any atom is -0.325 e. The molecule has 0 unspecified atom stereocenters. The van der Waals surface area contributed by atoms with Gasteiger partial charge in [-0.05, 0) is 49.7 Å². The molecule has 7 nitrogen and oxygen atoms in total. The van der Waals surface area contributed by atoms with Crippen molar-refractivity contribution in [2.75, 3.05) is 11.1 Å². The number of nitrogens with zero attached hydrogens (tertiary/aromatic N) is 3. The molecule has 0 fully saturated rings. The first-order chi connectivity index (χ1) is 15.2. The maximum Gasteiger partial charge on any atom is 0.234 e. The van der Waals surface area contributed by atoms with Gasteiger partial charge in [-0.2, -0.15) is 5.10 Å². The predicted molar refractivity (Wildman–Crippen MR) is 119 cm³/mol. The lowest BCUT2D eigenvalue weighted by molar-refractivity contribution is -0.113. The van der Waals surface area contributed by atoms with Gasteiger partial charge in [0.05, 0.1) is 11.1 Å². The highest BCUT2D eigenvalue weighted by Gasteiger charge is 2.17. The molecule has 0 bridgehead atoms. The van der Waals surface area contributed by atoms with Crippen LogP contribution in [0, 0.1) is 30.9 Å². The first-order valence-electron chi connectivity index (χ1n) is 9.41. The Bertz CT molecular complexity index is 1420. The summed E-state index contributed by atoms with van der Waals surface area (Å²) < 4.78 is 28.1. The Morgan fingerprint density at radius 1 is 1.22 bits per heavy atom. The second-order valence-corrected chi connectivity index (χ2v) is 8.37. The normalized spacial score (nSPS) is 11.2. The van der Waals surface area contributed by atoms with E-state index in [1.807, 2.05) is 13.0 Å². The van der Waals surface area contributed by atoms with Gasteiger partial charge < -0.3 is 5.32 Å². The van der Waals surface area contributed by atoms with E-state index in [0.717, 1.165) is 29.5 Å². The summed E-state index contributed by atoms with van der Waals surface area (Å²) in [6.07, 6.45) is 0. The van der Waals surface area contributed by atoms with Gasteiger partial charge in [0.15, 0.2) is 22.4 Å². The standard InChI is InChI=1S/C21H17ClF2N6OS/c1-10-7-13(4-5-14(10)22)30-19(25)18-11(2)28-29-20(18)27-21(30)32-9-17(31)26-12-3-6-15(23)16(24)8-12/h3-8,25H,9H2,1-2H3,(H,26,31)(H,28,29). The number of hydrogen-bond acceptors (Lipinski definition) is 5. The molecule has 0 aliphatic heterocycles. The highest BCUT2D eigenvalue weighted by Crippen LogP contribution is 2.24. The van der Waals surface area contributed by atoms with Crippen molar-refractivity contribution >= 4 is 46.0 Å². The number of aromatic nitrogens is 4. The summed E-state index contributed by atoms with van der Waals surface area (Å²) in [6, 6.07) is 8.45. The third-order valence-electron chi connectivity index (χ3n) is 4.72. The molecule has 4 rings (SSSR count). The van der Waals surface area contributed by atoms with E-state index in [-0.39, 0.29) is 16.9 Å². The number of anilines is 1. The molecule has 0 aliphatic rings. The van der Waals surface area contributed by atoms with Crippen LogP contribution in [0.15, 0.2) is 41.6 Å².